The minimum absolute atomic E-state index is 0.00610. The summed E-state index contributed by atoms with van der Waals surface area (Å²) >= 11 is 0. The zero-order valence-electron chi connectivity index (χ0n) is 14.7. The Bertz CT molecular complexity index is 512. The molecule has 0 saturated carbocycles. The molecule has 1 aromatic carbocycles. The van der Waals surface area contributed by atoms with E-state index in [2.05, 4.69) is 13.8 Å². The summed E-state index contributed by atoms with van der Waals surface area (Å²) in [6, 6.07) is 2.97. The van der Waals surface area contributed by atoms with Crippen molar-refractivity contribution in [2.75, 3.05) is 7.11 Å². The van der Waals surface area contributed by atoms with Crippen LogP contribution in [0.4, 0.5) is 0 Å². The van der Waals surface area contributed by atoms with Gasteiger partial charge in [0.15, 0.2) is 11.5 Å². The van der Waals surface area contributed by atoms with E-state index in [9.17, 15) is 9.90 Å². The third kappa shape index (κ3) is 5.66. The Hall–Kier alpha value is -1.91. The molecule has 0 aromatic heterocycles. The van der Waals surface area contributed by atoms with Gasteiger partial charge >= 0.3 is 5.97 Å². The summed E-state index contributed by atoms with van der Waals surface area (Å²) in [5.74, 6) is 0.253. The highest BCUT2D eigenvalue weighted by atomic mass is 16.5. The molecular formula is C18H28O5. The van der Waals surface area contributed by atoms with Crippen LogP contribution in [-0.4, -0.2) is 30.4 Å². The first-order valence-corrected chi connectivity index (χ1v) is 8.21. The second kappa shape index (κ2) is 9.28. The number of carbonyl (C=O) groups is 1. The van der Waals surface area contributed by atoms with Crippen molar-refractivity contribution < 1.29 is 24.1 Å². The topological polar surface area (TPSA) is 65.0 Å². The van der Waals surface area contributed by atoms with Gasteiger partial charge in [-0.2, -0.15) is 0 Å². The number of carboxylic acids is 1. The van der Waals surface area contributed by atoms with Crippen LogP contribution >= 0.6 is 0 Å². The number of carboxylic acid groups (broad SMARTS) is 1. The summed E-state index contributed by atoms with van der Waals surface area (Å²) in [5.41, 5.74) is 0.121. The minimum Gasteiger partial charge on any atom is -0.493 e. The monoisotopic (exact) mass is 324 g/mol. The first-order chi connectivity index (χ1) is 10.9. The second-order valence-corrected chi connectivity index (χ2v) is 5.75. The molecule has 1 N–H and O–H groups in total. The molecule has 0 fully saturated rings. The SMILES string of the molecule is CCCC(C)Oc1cc(C(=O)O)cc(OC)c1OC(C)CCC. The quantitative estimate of drug-likeness (QED) is 0.685. The fourth-order valence-electron chi connectivity index (χ4n) is 2.40. The van der Waals surface area contributed by atoms with E-state index in [0.29, 0.717) is 17.2 Å². The van der Waals surface area contributed by atoms with Crippen LogP contribution in [0.1, 0.15) is 63.7 Å². The number of rotatable bonds is 10. The second-order valence-electron chi connectivity index (χ2n) is 5.75. The van der Waals surface area contributed by atoms with Crippen LogP contribution in [0.5, 0.6) is 17.2 Å². The molecule has 130 valence electrons. The van der Waals surface area contributed by atoms with E-state index >= 15 is 0 Å². The summed E-state index contributed by atoms with van der Waals surface area (Å²) in [4.78, 5) is 11.3. The van der Waals surface area contributed by atoms with Gasteiger partial charge in [0.25, 0.3) is 0 Å². The lowest BCUT2D eigenvalue weighted by Crippen LogP contribution is -2.16. The molecule has 0 bridgehead atoms. The number of benzene rings is 1. The van der Waals surface area contributed by atoms with Gasteiger partial charge in [0.2, 0.25) is 5.75 Å². The van der Waals surface area contributed by atoms with Crippen molar-refractivity contribution in [1.29, 1.82) is 0 Å². The van der Waals surface area contributed by atoms with Gasteiger partial charge in [-0.1, -0.05) is 26.7 Å². The van der Waals surface area contributed by atoms with Gasteiger partial charge in [-0.25, -0.2) is 4.79 Å². The third-order valence-corrected chi connectivity index (χ3v) is 3.53. The standard InChI is InChI=1S/C18H28O5/c1-6-8-12(3)22-16-11-14(18(19)20)10-15(21-5)17(16)23-13(4)9-7-2/h10-13H,6-9H2,1-5H3,(H,19,20). The molecule has 0 spiro atoms. The van der Waals surface area contributed by atoms with E-state index in [0.717, 1.165) is 25.7 Å². The van der Waals surface area contributed by atoms with Crippen molar-refractivity contribution in [2.45, 2.75) is 65.6 Å². The van der Waals surface area contributed by atoms with Crippen LogP contribution in [0.2, 0.25) is 0 Å². The summed E-state index contributed by atoms with van der Waals surface area (Å²) in [7, 11) is 1.50. The first-order valence-electron chi connectivity index (χ1n) is 8.21. The maximum atomic E-state index is 11.3. The Kier molecular flexibility index (Phi) is 7.72. The van der Waals surface area contributed by atoms with E-state index in [1.165, 1.54) is 19.2 Å². The number of methoxy groups -OCH3 is 1. The van der Waals surface area contributed by atoms with E-state index in [4.69, 9.17) is 14.2 Å². The van der Waals surface area contributed by atoms with Crippen LogP contribution in [0.3, 0.4) is 0 Å². The van der Waals surface area contributed by atoms with Crippen molar-refractivity contribution in [3.05, 3.63) is 17.7 Å². The van der Waals surface area contributed by atoms with Crippen LogP contribution in [0.25, 0.3) is 0 Å². The fraction of sp³-hybridized carbons (Fsp3) is 0.611. The van der Waals surface area contributed by atoms with Gasteiger partial charge in [-0.3, -0.25) is 0 Å². The number of hydrogen-bond acceptors (Lipinski definition) is 4. The maximum Gasteiger partial charge on any atom is 0.335 e. The predicted octanol–water partition coefficient (Wildman–Crippen LogP) is 4.53. The predicted molar refractivity (Wildman–Crippen MR) is 89.9 cm³/mol. The Morgan fingerprint density at radius 3 is 2.04 bits per heavy atom. The Morgan fingerprint density at radius 1 is 1.04 bits per heavy atom. The highest BCUT2D eigenvalue weighted by Crippen LogP contribution is 2.40. The molecular weight excluding hydrogens is 296 g/mol. The molecule has 0 radical (unpaired) electrons. The van der Waals surface area contributed by atoms with E-state index in [1.807, 2.05) is 13.8 Å². The fourth-order valence-corrected chi connectivity index (χ4v) is 2.40. The average Bonchev–Trinajstić information content (AvgIpc) is 2.48. The maximum absolute atomic E-state index is 11.3. The van der Waals surface area contributed by atoms with Crippen LogP contribution in [-0.2, 0) is 0 Å². The summed E-state index contributed by atoms with van der Waals surface area (Å²) in [5, 5.41) is 9.27. The van der Waals surface area contributed by atoms with E-state index in [1.54, 1.807) is 0 Å². The number of aromatic carboxylic acids is 1. The van der Waals surface area contributed by atoms with E-state index < -0.39 is 5.97 Å². The van der Waals surface area contributed by atoms with Crippen LogP contribution < -0.4 is 14.2 Å². The van der Waals surface area contributed by atoms with Crippen molar-refractivity contribution >= 4 is 5.97 Å². The van der Waals surface area contributed by atoms with Crippen molar-refractivity contribution in [1.82, 2.24) is 0 Å². The largest absolute Gasteiger partial charge is 0.493 e. The van der Waals surface area contributed by atoms with Crippen molar-refractivity contribution in [3.8, 4) is 17.2 Å². The molecule has 0 aliphatic carbocycles. The zero-order valence-corrected chi connectivity index (χ0v) is 14.7. The molecule has 5 heteroatoms. The molecule has 1 aromatic rings. The Labute approximate surface area is 138 Å². The molecule has 0 saturated heterocycles. The lowest BCUT2D eigenvalue weighted by atomic mass is 10.1. The van der Waals surface area contributed by atoms with Crippen molar-refractivity contribution in [3.63, 3.8) is 0 Å². The van der Waals surface area contributed by atoms with Gasteiger partial charge < -0.3 is 19.3 Å². The smallest absolute Gasteiger partial charge is 0.335 e. The van der Waals surface area contributed by atoms with E-state index in [-0.39, 0.29) is 17.8 Å². The molecule has 0 amide bonds. The lowest BCUT2D eigenvalue weighted by Gasteiger charge is -2.22. The lowest BCUT2D eigenvalue weighted by molar-refractivity contribution is 0.0695. The summed E-state index contributed by atoms with van der Waals surface area (Å²) in [6.07, 6.45) is 3.72. The Morgan fingerprint density at radius 2 is 1.57 bits per heavy atom. The van der Waals surface area contributed by atoms with Gasteiger partial charge in [0, 0.05) is 0 Å². The Balaban J connectivity index is 3.22. The molecule has 0 aliphatic heterocycles. The van der Waals surface area contributed by atoms with Gasteiger partial charge in [-0.15, -0.1) is 0 Å². The molecule has 2 atom stereocenters. The summed E-state index contributed by atoms with van der Waals surface area (Å²) in [6.45, 7) is 8.11. The zero-order chi connectivity index (χ0) is 17.4. The third-order valence-electron chi connectivity index (χ3n) is 3.53. The molecule has 1 rings (SSSR count). The van der Waals surface area contributed by atoms with Crippen LogP contribution in [0.15, 0.2) is 12.1 Å². The van der Waals surface area contributed by atoms with Gasteiger partial charge in [0.1, 0.15) is 0 Å². The normalized spacial score (nSPS) is 13.3. The van der Waals surface area contributed by atoms with Crippen LogP contribution in [0, 0.1) is 0 Å². The molecule has 2 unspecified atom stereocenters. The van der Waals surface area contributed by atoms with Crippen molar-refractivity contribution in [2.24, 2.45) is 0 Å². The first kappa shape index (κ1) is 19.1. The number of hydrogen-bond donors (Lipinski definition) is 1. The van der Waals surface area contributed by atoms with Gasteiger partial charge in [-0.05, 0) is 38.8 Å². The molecule has 0 heterocycles. The molecule has 5 nitrogen and oxygen atoms in total. The highest BCUT2D eigenvalue weighted by Gasteiger charge is 2.21. The summed E-state index contributed by atoms with van der Waals surface area (Å²) < 4.78 is 17.2. The number of ether oxygens (including phenoxy) is 3. The highest BCUT2D eigenvalue weighted by molar-refractivity contribution is 5.89. The molecule has 23 heavy (non-hydrogen) atoms. The van der Waals surface area contributed by atoms with Gasteiger partial charge in [0.05, 0.1) is 24.9 Å². The average molecular weight is 324 g/mol. The molecule has 0 aliphatic rings. The minimum atomic E-state index is -1.02.